The lowest BCUT2D eigenvalue weighted by atomic mass is 9.86. The van der Waals surface area contributed by atoms with E-state index in [9.17, 15) is 0 Å². The summed E-state index contributed by atoms with van der Waals surface area (Å²) in [5.74, 6) is 0.987. The Morgan fingerprint density at radius 2 is 0.900 bits per heavy atom. The molecule has 0 saturated carbocycles. The Kier molecular flexibility index (Phi) is 5.62. The Hall–Kier alpha value is -6.51. The van der Waals surface area contributed by atoms with Gasteiger partial charge in [0.25, 0.3) is 0 Å². The van der Waals surface area contributed by atoms with E-state index in [0.717, 1.165) is 22.5 Å². The summed E-state index contributed by atoms with van der Waals surface area (Å²) in [5, 5.41) is 15.6. The van der Waals surface area contributed by atoms with Gasteiger partial charge in [0.15, 0.2) is 0 Å². The van der Waals surface area contributed by atoms with Gasteiger partial charge < -0.3 is 0 Å². The van der Waals surface area contributed by atoms with Gasteiger partial charge in [0.05, 0.1) is 11.0 Å². The predicted molar refractivity (Wildman–Crippen MR) is 213 cm³/mol. The van der Waals surface area contributed by atoms with Crippen molar-refractivity contribution in [2.75, 3.05) is 0 Å². The number of imidazole rings is 1. The summed E-state index contributed by atoms with van der Waals surface area (Å²) in [7, 11) is 0. The Labute approximate surface area is 288 Å². The number of nitrogens with zero attached hydrogens (tertiary/aromatic N) is 2. The quantitative estimate of drug-likeness (QED) is 0.177. The molecule has 232 valence electrons. The highest BCUT2D eigenvalue weighted by Gasteiger charge is 2.17. The van der Waals surface area contributed by atoms with Crippen molar-refractivity contribution in [2.24, 2.45) is 0 Å². The normalized spacial score (nSPS) is 12.1. The second kappa shape index (κ2) is 10.2. The fraction of sp³-hybridized carbons (Fsp3) is 0.0208. The topological polar surface area (TPSA) is 17.8 Å². The molecule has 0 spiro atoms. The van der Waals surface area contributed by atoms with Crippen molar-refractivity contribution in [1.29, 1.82) is 0 Å². The standard InChI is InChI=1S/C48H30N2/c1-29-49-43-28-35(24-25-44(43)50(29)38-11-3-2-4-12-38)30-16-18-31(19-17-30)37-26-36-23-22-34-9-6-14-40-39-13-5-8-32-20-21-33-10-7-15-41(47(33)45(32)39)42(27-37)48(36)46(34)40/h2-28H,1H3. The smallest absolute Gasteiger partial charge is 0.111 e. The van der Waals surface area contributed by atoms with Crippen LogP contribution >= 0.6 is 0 Å². The van der Waals surface area contributed by atoms with Gasteiger partial charge in [-0.05, 0) is 130 Å². The minimum absolute atomic E-state index is 0.987. The SMILES string of the molecule is Cc1nc2cc(-c3ccc(-c4cc5ccc6cccc7c8cccc9ccc%10cccc(c(c4)c5c67)c%10c98)cc3)ccc2n1-c1ccccc1. The molecule has 50 heavy (non-hydrogen) atoms. The number of aromatic nitrogens is 2. The number of hydrogen-bond acceptors (Lipinski definition) is 1. The first-order valence-electron chi connectivity index (χ1n) is 17.3. The van der Waals surface area contributed by atoms with Crippen molar-refractivity contribution in [3.63, 3.8) is 0 Å². The molecule has 0 aliphatic carbocycles. The zero-order valence-corrected chi connectivity index (χ0v) is 27.5. The van der Waals surface area contributed by atoms with Crippen molar-refractivity contribution in [3.05, 3.63) is 170 Å². The molecule has 10 aromatic carbocycles. The van der Waals surface area contributed by atoms with Crippen LogP contribution in [0, 0.1) is 6.92 Å². The first-order chi connectivity index (χ1) is 24.7. The molecule has 11 rings (SSSR count). The molecule has 0 saturated heterocycles. The van der Waals surface area contributed by atoms with Crippen molar-refractivity contribution < 1.29 is 0 Å². The second-order valence-corrected chi connectivity index (χ2v) is 13.6. The van der Waals surface area contributed by atoms with Crippen LogP contribution in [-0.4, -0.2) is 9.55 Å². The van der Waals surface area contributed by atoms with E-state index in [1.165, 1.54) is 86.9 Å². The van der Waals surface area contributed by atoms with Crippen LogP contribution in [0.4, 0.5) is 0 Å². The largest absolute Gasteiger partial charge is 0.297 e. The molecule has 1 aromatic heterocycles. The molecular weight excluding hydrogens is 605 g/mol. The fourth-order valence-corrected chi connectivity index (χ4v) is 8.59. The summed E-state index contributed by atoms with van der Waals surface area (Å²) >= 11 is 0. The maximum absolute atomic E-state index is 4.94. The van der Waals surface area contributed by atoms with Crippen LogP contribution in [0.3, 0.4) is 0 Å². The van der Waals surface area contributed by atoms with Crippen molar-refractivity contribution in [2.45, 2.75) is 6.92 Å². The van der Waals surface area contributed by atoms with Crippen LogP contribution in [0.15, 0.2) is 164 Å². The second-order valence-electron chi connectivity index (χ2n) is 13.6. The maximum Gasteiger partial charge on any atom is 0.111 e. The highest BCUT2D eigenvalue weighted by Crippen LogP contribution is 2.44. The minimum atomic E-state index is 0.987. The Morgan fingerprint density at radius 1 is 0.380 bits per heavy atom. The third kappa shape index (κ3) is 3.88. The highest BCUT2D eigenvalue weighted by molar-refractivity contribution is 6.37. The molecule has 0 unspecified atom stereocenters. The number of benzene rings is 9. The molecule has 0 radical (unpaired) electrons. The zero-order chi connectivity index (χ0) is 32.9. The van der Waals surface area contributed by atoms with Gasteiger partial charge in [-0.1, -0.05) is 127 Å². The molecule has 2 heteroatoms. The summed E-state index contributed by atoms with van der Waals surface area (Å²) in [6.07, 6.45) is 0. The molecule has 0 fully saturated rings. The third-order valence-electron chi connectivity index (χ3n) is 10.8. The summed E-state index contributed by atoms with van der Waals surface area (Å²) < 4.78 is 2.23. The van der Waals surface area contributed by atoms with E-state index in [-0.39, 0.29) is 0 Å². The minimum Gasteiger partial charge on any atom is -0.297 e. The molecule has 0 aliphatic rings. The van der Waals surface area contributed by atoms with Crippen molar-refractivity contribution in [3.8, 4) is 27.9 Å². The first-order valence-corrected chi connectivity index (χ1v) is 17.3. The van der Waals surface area contributed by atoms with E-state index in [1.54, 1.807) is 0 Å². The van der Waals surface area contributed by atoms with Crippen LogP contribution < -0.4 is 0 Å². The Bertz CT molecular complexity index is 3130. The third-order valence-corrected chi connectivity index (χ3v) is 10.8. The zero-order valence-electron chi connectivity index (χ0n) is 27.5. The molecule has 11 aromatic rings. The summed E-state index contributed by atoms with van der Waals surface area (Å²) in [5.41, 5.74) is 8.04. The maximum atomic E-state index is 4.94. The number of fused-ring (bicyclic) bond motifs is 3. The van der Waals surface area contributed by atoms with Crippen LogP contribution in [-0.2, 0) is 0 Å². The van der Waals surface area contributed by atoms with Gasteiger partial charge in [-0.25, -0.2) is 4.98 Å². The molecule has 0 bridgehead atoms. The highest BCUT2D eigenvalue weighted by atomic mass is 15.1. The molecule has 0 aliphatic heterocycles. The van der Waals surface area contributed by atoms with Crippen LogP contribution in [0.2, 0.25) is 0 Å². The predicted octanol–water partition coefficient (Wildman–Crippen LogP) is 13.0. The van der Waals surface area contributed by atoms with E-state index < -0.39 is 0 Å². The summed E-state index contributed by atoms with van der Waals surface area (Å²) in [6, 6.07) is 60.4. The Morgan fingerprint density at radius 3 is 1.52 bits per heavy atom. The van der Waals surface area contributed by atoms with Gasteiger partial charge in [0, 0.05) is 5.69 Å². The first kappa shape index (κ1) is 27.4. The van der Waals surface area contributed by atoms with E-state index >= 15 is 0 Å². The van der Waals surface area contributed by atoms with Crippen LogP contribution in [0.25, 0.3) is 104 Å². The molecule has 0 N–H and O–H groups in total. The summed E-state index contributed by atoms with van der Waals surface area (Å²) in [6.45, 7) is 2.07. The van der Waals surface area contributed by atoms with E-state index in [0.29, 0.717) is 0 Å². The van der Waals surface area contributed by atoms with Gasteiger partial charge in [0.2, 0.25) is 0 Å². The van der Waals surface area contributed by atoms with Crippen molar-refractivity contribution >= 4 is 75.7 Å². The number of rotatable bonds is 3. The van der Waals surface area contributed by atoms with Gasteiger partial charge in [-0.3, -0.25) is 4.57 Å². The van der Waals surface area contributed by atoms with Gasteiger partial charge in [-0.15, -0.1) is 0 Å². The monoisotopic (exact) mass is 634 g/mol. The van der Waals surface area contributed by atoms with Gasteiger partial charge in [0.1, 0.15) is 5.82 Å². The molecule has 1 heterocycles. The fourth-order valence-electron chi connectivity index (χ4n) is 8.59. The van der Waals surface area contributed by atoms with Gasteiger partial charge in [-0.2, -0.15) is 0 Å². The molecular formula is C48H30N2. The molecule has 0 atom stereocenters. The lowest BCUT2D eigenvalue weighted by Crippen LogP contribution is -1.95. The van der Waals surface area contributed by atoms with Gasteiger partial charge >= 0.3 is 0 Å². The van der Waals surface area contributed by atoms with E-state index in [1.807, 2.05) is 6.07 Å². The molecule has 2 nitrogen and oxygen atoms in total. The lowest BCUT2D eigenvalue weighted by molar-refractivity contribution is 1.00. The van der Waals surface area contributed by atoms with Crippen molar-refractivity contribution in [1.82, 2.24) is 9.55 Å². The number of aryl methyl sites for hydroxylation is 1. The van der Waals surface area contributed by atoms with Crippen LogP contribution in [0.5, 0.6) is 0 Å². The number of hydrogen-bond donors (Lipinski definition) is 0. The average molecular weight is 635 g/mol. The molecule has 0 amide bonds. The number of para-hydroxylation sites is 1. The van der Waals surface area contributed by atoms with E-state index in [2.05, 4.69) is 169 Å². The summed E-state index contributed by atoms with van der Waals surface area (Å²) in [4.78, 5) is 4.94. The average Bonchev–Trinajstić information content (AvgIpc) is 3.51. The van der Waals surface area contributed by atoms with E-state index in [4.69, 9.17) is 4.98 Å². The Balaban J connectivity index is 1.12. The van der Waals surface area contributed by atoms with Crippen LogP contribution in [0.1, 0.15) is 5.82 Å². The lowest BCUT2D eigenvalue weighted by Gasteiger charge is -2.17.